The quantitative estimate of drug-likeness (QED) is 0.385. The number of nitrogens with zero attached hydrogens (tertiary/aromatic N) is 6. The van der Waals surface area contributed by atoms with Crippen LogP contribution in [0.4, 0.5) is 11.4 Å². The van der Waals surface area contributed by atoms with Crippen molar-refractivity contribution < 1.29 is 0 Å². The van der Waals surface area contributed by atoms with Gasteiger partial charge in [0.2, 0.25) is 11.6 Å². The SMILES string of the molecule is c1ccc(CNc2cnc3nccn3c2)cc1.c1ccc(CNc2cnc3nccn3c2)cc1. The highest BCUT2D eigenvalue weighted by Gasteiger charge is 1.99. The molecule has 0 atom stereocenters. The summed E-state index contributed by atoms with van der Waals surface area (Å²) in [7, 11) is 0. The number of anilines is 2. The number of benzene rings is 2. The normalized spacial score (nSPS) is 10.6. The Hall–Kier alpha value is -4.72. The zero-order valence-electron chi connectivity index (χ0n) is 18.5. The van der Waals surface area contributed by atoms with Gasteiger partial charge < -0.3 is 10.6 Å². The van der Waals surface area contributed by atoms with Gasteiger partial charge in [0.25, 0.3) is 0 Å². The van der Waals surface area contributed by atoms with Gasteiger partial charge in [-0.05, 0) is 11.1 Å². The minimum absolute atomic E-state index is 0.718. The van der Waals surface area contributed by atoms with Gasteiger partial charge in [-0.25, -0.2) is 19.9 Å². The number of nitrogens with one attached hydrogen (secondary N) is 2. The van der Waals surface area contributed by atoms with Crippen molar-refractivity contribution in [1.82, 2.24) is 28.7 Å². The average molecular weight is 449 g/mol. The van der Waals surface area contributed by atoms with E-state index in [0.29, 0.717) is 0 Å². The Labute approximate surface area is 197 Å². The highest BCUT2D eigenvalue weighted by Crippen LogP contribution is 2.10. The number of hydrogen-bond donors (Lipinski definition) is 2. The Balaban J connectivity index is 0.000000142. The van der Waals surface area contributed by atoms with Crippen LogP contribution in [0.3, 0.4) is 0 Å². The summed E-state index contributed by atoms with van der Waals surface area (Å²) in [5.41, 5.74) is 4.47. The van der Waals surface area contributed by atoms with Gasteiger partial charge in [-0.15, -0.1) is 0 Å². The molecule has 2 N–H and O–H groups in total. The molecule has 4 aromatic heterocycles. The predicted molar refractivity (Wildman–Crippen MR) is 134 cm³/mol. The maximum Gasteiger partial charge on any atom is 0.233 e. The van der Waals surface area contributed by atoms with Crippen molar-refractivity contribution in [3.05, 3.63) is 121 Å². The first-order valence-electron chi connectivity index (χ1n) is 11.0. The lowest BCUT2D eigenvalue weighted by Gasteiger charge is -2.06. The van der Waals surface area contributed by atoms with E-state index in [4.69, 9.17) is 0 Å². The van der Waals surface area contributed by atoms with Crippen LogP contribution in [0.5, 0.6) is 0 Å². The molecular weight excluding hydrogens is 424 g/mol. The highest BCUT2D eigenvalue weighted by molar-refractivity contribution is 5.45. The van der Waals surface area contributed by atoms with E-state index in [9.17, 15) is 0 Å². The standard InChI is InChI=1S/2C13H12N4/c2*1-2-4-11(5-3-1)8-15-12-9-16-13-14-6-7-17(13)10-12/h2*1-7,9-10,15H,8H2. The Morgan fingerprint density at radius 2 is 1.00 bits per heavy atom. The number of hydrogen-bond acceptors (Lipinski definition) is 6. The van der Waals surface area contributed by atoms with Crippen LogP contribution < -0.4 is 10.6 Å². The van der Waals surface area contributed by atoms with Crippen molar-refractivity contribution in [2.24, 2.45) is 0 Å². The third kappa shape index (κ3) is 5.36. The summed E-state index contributed by atoms with van der Waals surface area (Å²) < 4.78 is 3.79. The lowest BCUT2D eigenvalue weighted by atomic mass is 10.2. The van der Waals surface area contributed by atoms with Crippen molar-refractivity contribution in [1.29, 1.82) is 0 Å². The molecule has 34 heavy (non-hydrogen) atoms. The first-order valence-corrected chi connectivity index (χ1v) is 11.0. The van der Waals surface area contributed by atoms with Crippen molar-refractivity contribution in [2.45, 2.75) is 13.1 Å². The minimum atomic E-state index is 0.718. The van der Waals surface area contributed by atoms with E-state index in [1.165, 1.54) is 11.1 Å². The van der Waals surface area contributed by atoms with E-state index in [0.717, 1.165) is 36.0 Å². The molecule has 2 aromatic carbocycles. The van der Waals surface area contributed by atoms with Gasteiger partial charge in [0.1, 0.15) is 0 Å². The lowest BCUT2D eigenvalue weighted by molar-refractivity contribution is 1.07. The fraction of sp³-hybridized carbons (Fsp3) is 0.0769. The molecule has 0 aliphatic carbocycles. The van der Waals surface area contributed by atoms with Crippen LogP contribution in [0, 0.1) is 0 Å². The van der Waals surface area contributed by atoms with Gasteiger partial charge in [-0.1, -0.05) is 60.7 Å². The second-order valence-electron chi connectivity index (χ2n) is 7.63. The van der Waals surface area contributed by atoms with Gasteiger partial charge in [0.15, 0.2) is 0 Å². The molecule has 0 saturated heterocycles. The molecule has 0 saturated carbocycles. The highest BCUT2D eigenvalue weighted by atomic mass is 15.1. The Morgan fingerprint density at radius 3 is 1.44 bits per heavy atom. The van der Waals surface area contributed by atoms with Crippen LogP contribution >= 0.6 is 0 Å². The van der Waals surface area contributed by atoms with Crippen LogP contribution in [0.15, 0.2) is 110 Å². The summed E-state index contributed by atoms with van der Waals surface area (Å²) in [5.74, 6) is 1.44. The Bertz CT molecular complexity index is 1340. The molecule has 168 valence electrons. The molecular formula is C26H24N8. The summed E-state index contributed by atoms with van der Waals surface area (Å²) in [4.78, 5) is 16.7. The fourth-order valence-electron chi connectivity index (χ4n) is 3.42. The van der Waals surface area contributed by atoms with E-state index in [-0.39, 0.29) is 0 Å². The van der Waals surface area contributed by atoms with E-state index in [1.807, 2.05) is 70.0 Å². The van der Waals surface area contributed by atoms with E-state index < -0.39 is 0 Å². The molecule has 0 aliphatic rings. The maximum absolute atomic E-state index is 4.24. The second kappa shape index (κ2) is 10.3. The van der Waals surface area contributed by atoms with E-state index in [2.05, 4.69) is 54.8 Å². The third-order valence-electron chi connectivity index (χ3n) is 5.17. The molecule has 8 heteroatoms. The minimum Gasteiger partial charge on any atom is -0.379 e. The largest absolute Gasteiger partial charge is 0.379 e. The van der Waals surface area contributed by atoms with Crippen LogP contribution in [0.25, 0.3) is 11.6 Å². The van der Waals surface area contributed by atoms with E-state index >= 15 is 0 Å². The summed E-state index contributed by atoms with van der Waals surface area (Å²) in [6.45, 7) is 1.59. The Kier molecular flexibility index (Phi) is 6.38. The first-order chi connectivity index (χ1) is 16.8. The summed E-state index contributed by atoms with van der Waals surface area (Å²) in [6, 6.07) is 20.6. The van der Waals surface area contributed by atoms with Crippen LogP contribution in [-0.2, 0) is 13.1 Å². The first kappa shape index (κ1) is 21.1. The average Bonchev–Trinajstić information content (AvgIpc) is 3.56. The molecule has 0 fully saturated rings. The molecule has 0 radical (unpaired) electrons. The van der Waals surface area contributed by atoms with Crippen LogP contribution in [0.2, 0.25) is 0 Å². The summed E-state index contributed by atoms with van der Waals surface area (Å²) >= 11 is 0. The lowest BCUT2D eigenvalue weighted by Crippen LogP contribution is -2.01. The van der Waals surface area contributed by atoms with Gasteiger partial charge in [0.05, 0.1) is 23.8 Å². The molecule has 0 aliphatic heterocycles. The fourth-order valence-corrected chi connectivity index (χ4v) is 3.42. The molecule has 0 spiro atoms. The molecule has 0 bridgehead atoms. The summed E-state index contributed by atoms with van der Waals surface area (Å²) in [6.07, 6.45) is 14.8. The third-order valence-corrected chi connectivity index (χ3v) is 5.17. The van der Waals surface area contributed by atoms with Gasteiger partial charge in [0, 0.05) is 50.3 Å². The van der Waals surface area contributed by atoms with Crippen molar-refractivity contribution >= 4 is 22.9 Å². The number of imidazole rings is 2. The van der Waals surface area contributed by atoms with Gasteiger partial charge in [-0.2, -0.15) is 0 Å². The van der Waals surface area contributed by atoms with Gasteiger partial charge in [-0.3, -0.25) is 8.80 Å². The number of aromatic nitrogens is 6. The van der Waals surface area contributed by atoms with E-state index in [1.54, 1.807) is 24.8 Å². The van der Waals surface area contributed by atoms with Gasteiger partial charge >= 0.3 is 0 Å². The molecule has 0 amide bonds. The van der Waals surface area contributed by atoms with Crippen molar-refractivity contribution in [3.8, 4) is 0 Å². The predicted octanol–water partition coefficient (Wildman–Crippen LogP) is 4.68. The van der Waals surface area contributed by atoms with Crippen molar-refractivity contribution in [3.63, 3.8) is 0 Å². The topological polar surface area (TPSA) is 84.4 Å². The second-order valence-corrected chi connectivity index (χ2v) is 7.63. The summed E-state index contributed by atoms with van der Waals surface area (Å²) in [5, 5.41) is 6.66. The molecule has 0 unspecified atom stereocenters. The number of fused-ring (bicyclic) bond motifs is 2. The van der Waals surface area contributed by atoms with Crippen LogP contribution in [-0.4, -0.2) is 28.7 Å². The molecule has 6 aromatic rings. The van der Waals surface area contributed by atoms with Crippen molar-refractivity contribution in [2.75, 3.05) is 10.6 Å². The smallest absolute Gasteiger partial charge is 0.233 e. The number of rotatable bonds is 6. The van der Waals surface area contributed by atoms with Crippen LogP contribution in [0.1, 0.15) is 11.1 Å². The zero-order chi connectivity index (χ0) is 23.0. The zero-order valence-corrected chi connectivity index (χ0v) is 18.5. The molecule has 4 heterocycles. The molecule has 8 nitrogen and oxygen atoms in total. The Morgan fingerprint density at radius 1 is 0.559 bits per heavy atom. The maximum atomic E-state index is 4.24. The molecule has 6 rings (SSSR count). The monoisotopic (exact) mass is 448 g/mol.